The lowest BCUT2D eigenvalue weighted by Gasteiger charge is -2.19. The summed E-state index contributed by atoms with van der Waals surface area (Å²) >= 11 is 0. The molecular formula is C11H8F3N3O3. The maximum absolute atomic E-state index is 12.8. The molecule has 0 atom stereocenters. The molecule has 1 heterocycles. The maximum atomic E-state index is 12.8. The summed E-state index contributed by atoms with van der Waals surface area (Å²) in [4.78, 5) is 13.9. The van der Waals surface area contributed by atoms with Crippen molar-refractivity contribution in [3.63, 3.8) is 0 Å². The Balaban J connectivity index is 1.99. The Morgan fingerprint density at radius 1 is 1.40 bits per heavy atom. The highest BCUT2D eigenvalue weighted by Gasteiger charge is 2.64. The minimum absolute atomic E-state index is 0.0691. The minimum Gasteiger partial charge on any atom is -0.423 e. The van der Waals surface area contributed by atoms with E-state index in [0.29, 0.717) is 0 Å². The second kappa shape index (κ2) is 3.84. The maximum Gasteiger partial charge on any atom is 0.411 e. The zero-order valence-corrected chi connectivity index (χ0v) is 9.90. The van der Waals surface area contributed by atoms with Crippen LogP contribution in [0.4, 0.5) is 24.9 Å². The third-order valence-corrected chi connectivity index (χ3v) is 3.23. The monoisotopic (exact) mass is 287 g/mol. The van der Waals surface area contributed by atoms with E-state index in [0.717, 1.165) is 0 Å². The number of oxazole rings is 1. The number of nitrogens with zero attached hydrogens (tertiary/aromatic N) is 2. The summed E-state index contributed by atoms with van der Waals surface area (Å²) in [6, 6.07) is 3.65. The number of non-ortho nitro benzene ring substituents is 1. The Hall–Kier alpha value is -2.32. The summed E-state index contributed by atoms with van der Waals surface area (Å²) in [6.07, 6.45) is -4.56. The van der Waals surface area contributed by atoms with Crippen molar-refractivity contribution in [2.75, 3.05) is 5.32 Å². The molecule has 0 spiro atoms. The predicted molar refractivity (Wildman–Crippen MR) is 62.3 cm³/mol. The first-order valence-corrected chi connectivity index (χ1v) is 5.71. The second-order valence-electron chi connectivity index (χ2n) is 4.60. The van der Waals surface area contributed by atoms with Crippen LogP contribution in [0.2, 0.25) is 0 Å². The molecule has 6 nitrogen and oxygen atoms in total. The average molecular weight is 287 g/mol. The van der Waals surface area contributed by atoms with Gasteiger partial charge in [-0.15, -0.1) is 0 Å². The molecule has 0 amide bonds. The number of nitro benzene ring substituents is 1. The fourth-order valence-corrected chi connectivity index (χ4v) is 1.94. The van der Waals surface area contributed by atoms with Gasteiger partial charge in [-0.05, 0) is 18.9 Å². The van der Waals surface area contributed by atoms with Crippen molar-refractivity contribution in [2.24, 2.45) is 0 Å². The van der Waals surface area contributed by atoms with Crippen LogP contribution in [0.3, 0.4) is 0 Å². The van der Waals surface area contributed by atoms with Crippen LogP contribution in [0.5, 0.6) is 0 Å². The Labute approximate surface area is 109 Å². The van der Waals surface area contributed by atoms with Gasteiger partial charge in [0.2, 0.25) is 0 Å². The van der Waals surface area contributed by atoms with Gasteiger partial charge in [0.1, 0.15) is 5.54 Å². The number of aromatic nitrogens is 1. The fraction of sp³-hybridized carbons (Fsp3) is 0.364. The summed E-state index contributed by atoms with van der Waals surface area (Å²) in [7, 11) is 0. The number of benzene rings is 1. The van der Waals surface area contributed by atoms with Crippen LogP contribution in [-0.2, 0) is 0 Å². The van der Waals surface area contributed by atoms with E-state index >= 15 is 0 Å². The molecule has 20 heavy (non-hydrogen) atoms. The van der Waals surface area contributed by atoms with Crippen LogP contribution < -0.4 is 5.32 Å². The van der Waals surface area contributed by atoms with Crippen molar-refractivity contribution < 1.29 is 22.5 Å². The highest BCUT2D eigenvalue weighted by molar-refractivity contribution is 5.84. The van der Waals surface area contributed by atoms with Gasteiger partial charge < -0.3 is 9.73 Å². The summed E-state index contributed by atoms with van der Waals surface area (Å²) in [5.74, 6) is 0. The fourth-order valence-electron chi connectivity index (χ4n) is 1.94. The van der Waals surface area contributed by atoms with Crippen molar-refractivity contribution in [1.82, 2.24) is 4.98 Å². The van der Waals surface area contributed by atoms with Gasteiger partial charge in [-0.2, -0.15) is 18.2 Å². The first-order chi connectivity index (χ1) is 9.32. The molecule has 0 unspecified atom stereocenters. The van der Waals surface area contributed by atoms with Gasteiger partial charge in [-0.3, -0.25) is 10.1 Å². The van der Waals surface area contributed by atoms with E-state index in [1.165, 1.54) is 18.2 Å². The topological polar surface area (TPSA) is 81.2 Å². The number of rotatable bonds is 3. The highest BCUT2D eigenvalue weighted by atomic mass is 19.4. The number of fused-ring (bicyclic) bond motifs is 1. The van der Waals surface area contributed by atoms with E-state index in [1.807, 2.05) is 0 Å². The van der Waals surface area contributed by atoms with Gasteiger partial charge in [0.25, 0.3) is 11.7 Å². The van der Waals surface area contributed by atoms with Crippen molar-refractivity contribution in [3.05, 3.63) is 28.3 Å². The normalized spacial score (nSPS) is 17.1. The lowest BCUT2D eigenvalue weighted by molar-refractivity contribution is -0.383. The van der Waals surface area contributed by atoms with E-state index in [-0.39, 0.29) is 35.6 Å². The molecule has 106 valence electrons. The first-order valence-electron chi connectivity index (χ1n) is 5.71. The van der Waals surface area contributed by atoms with Crippen LogP contribution >= 0.6 is 0 Å². The van der Waals surface area contributed by atoms with Crippen molar-refractivity contribution in [1.29, 1.82) is 0 Å². The van der Waals surface area contributed by atoms with Crippen molar-refractivity contribution in [3.8, 4) is 0 Å². The molecule has 2 aromatic rings. The molecule has 0 radical (unpaired) electrons. The Kier molecular flexibility index (Phi) is 2.44. The number of hydrogen-bond acceptors (Lipinski definition) is 5. The van der Waals surface area contributed by atoms with Gasteiger partial charge in [0.05, 0.1) is 4.92 Å². The lowest BCUT2D eigenvalue weighted by atomic mass is 10.3. The number of nitrogens with one attached hydrogen (secondary N) is 1. The van der Waals surface area contributed by atoms with Crippen LogP contribution in [-0.4, -0.2) is 21.6 Å². The van der Waals surface area contributed by atoms with Crippen LogP contribution in [0.25, 0.3) is 11.1 Å². The molecule has 0 saturated heterocycles. The largest absolute Gasteiger partial charge is 0.423 e. The van der Waals surface area contributed by atoms with Gasteiger partial charge in [0, 0.05) is 6.07 Å². The van der Waals surface area contributed by atoms with Crippen molar-refractivity contribution in [2.45, 2.75) is 24.6 Å². The number of para-hydroxylation sites is 1. The molecular weight excluding hydrogens is 279 g/mol. The molecule has 0 bridgehead atoms. The molecule has 1 N–H and O–H groups in total. The van der Waals surface area contributed by atoms with E-state index in [1.54, 1.807) is 0 Å². The molecule has 9 heteroatoms. The number of anilines is 1. The molecule has 3 rings (SSSR count). The zero-order valence-electron chi connectivity index (χ0n) is 9.90. The molecule has 0 aliphatic heterocycles. The molecule has 1 aliphatic carbocycles. The highest BCUT2D eigenvalue weighted by Crippen LogP contribution is 2.51. The standard InChI is InChI=1S/C11H8F3N3O3/c12-11(13,14)10(4-5-10)16-9-15-8-6(17(18)19)2-1-3-7(8)20-9/h1-3H,4-5H2,(H,15,16). The Bertz CT molecular complexity index is 691. The smallest absolute Gasteiger partial charge is 0.411 e. The van der Waals surface area contributed by atoms with E-state index in [2.05, 4.69) is 10.3 Å². The summed E-state index contributed by atoms with van der Waals surface area (Å²) in [5.41, 5.74) is -2.34. The number of hydrogen-bond donors (Lipinski definition) is 1. The number of alkyl halides is 3. The molecule has 1 aliphatic rings. The Morgan fingerprint density at radius 3 is 2.65 bits per heavy atom. The second-order valence-corrected chi connectivity index (χ2v) is 4.60. The Morgan fingerprint density at radius 2 is 2.10 bits per heavy atom. The lowest BCUT2D eigenvalue weighted by Crippen LogP contribution is -2.38. The third-order valence-electron chi connectivity index (χ3n) is 3.23. The van der Waals surface area contributed by atoms with Crippen LogP contribution in [0.15, 0.2) is 22.6 Å². The van der Waals surface area contributed by atoms with E-state index in [9.17, 15) is 23.3 Å². The molecule has 1 aromatic heterocycles. The number of halogens is 3. The first kappa shape index (κ1) is 12.7. The van der Waals surface area contributed by atoms with E-state index in [4.69, 9.17) is 4.42 Å². The quantitative estimate of drug-likeness (QED) is 0.692. The van der Waals surface area contributed by atoms with Crippen molar-refractivity contribution >= 4 is 22.8 Å². The predicted octanol–water partition coefficient (Wildman–Crippen LogP) is 3.24. The summed E-state index contributed by atoms with van der Waals surface area (Å²) in [6.45, 7) is 0. The van der Waals surface area contributed by atoms with Gasteiger partial charge in [-0.1, -0.05) is 6.07 Å². The summed E-state index contributed by atoms with van der Waals surface area (Å²) in [5, 5.41) is 13.0. The molecule has 1 saturated carbocycles. The summed E-state index contributed by atoms with van der Waals surface area (Å²) < 4.78 is 43.5. The van der Waals surface area contributed by atoms with E-state index < -0.39 is 16.6 Å². The van der Waals surface area contributed by atoms with Gasteiger partial charge in [0.15, 0.2) is 11.1 Å². The van der Waals surface area contributed by atoms with Gasteiger partial charge >= 0.3 is 6.18 Å². The minimum atomic E-state index is -4.42. The van der Waals surface area contributed by atoms with Gasteiger partial charge in [-0.25, -0.2) is 0 Å². The molecule has 1 fully saturated rings. The SMILES string of the molecule is O=[N+]([O-])c1cccc2oc(NC3(C(F)(F)F)CC3)nc12. The number of nitro groups is 1. The third kappa shape index (κ3) is 1.86. The molecule has 1 aromatic carbocycles. The van der Waals surface area contributed by atoms with Crippen LogP contribution in [0.1, 0.15) is 12.8 Å². The van der Waals surface area contributed by atoms with Crippen LogP contribution in [0, 0.1) is 10.1 Å². The zero-order chi connectivity index (χ0) is 14.5. The average Bonchev–Trinajstić information content (AvgIpc) is 3.01.